The summed E-state index contributed by atoms with van der Waals surface area (Å²) in [5.41, 5.74) is 2.39. The summed E-state index contributed by atoms with van der Waals surface area (Å²) in [6.45, 7) is 11.2. The third-order valence-electron chi connectivity index (χ3n) is 1.97. The van der Waals surface area contributed by atoms with E-state index in [1.54, 1.807) is 18.2 Å². The highest BCUT2D eigenvalue weighted by molar-refractivity contribution is 5.80. The van der Waals surface area contributed by atoms with Crippen LogP contribution in [-0.4, -0.2) is 11.4 Å². The van der Waals surface area contributed by atoms with Gasteiger partial charge in [0, 0.05) is 5.57 Å². The molecule has 0 fully saturated rings. The molecule has 0 atom stereocenters. The van der Waals surface area contributed by atoms with Gasteiger partial charge in [-0.2, -0.15) is 0 Å². The van der Waals surface area contributed by atoms with E-state index >= 15 is 0 Å². The molecular formula is C17H19NO. The van der Waals surface area contributed by atoms with Crippen molar-refractivity contribution >= 4 is 6.21 Å². The summed E-state index contributed by atoms with van der Waals surface area (Å²) in [7, 11) is 0. The Balaban J connectivity index is 4.73. The van der Waals surface area contributed by atoms with Crippen molar-refractivity contribution in [1.29, 1.82) is 0 Å². The zero-order valence-electron chi connectivity index (χ0n) is 11.4. The van der Waals surface area contributed by atoms with Gasteiger partial charge in [-0.25, -0.2) is 0 Å². The van der Waals surface area contributed by atoms with E-state index in [1.165, 1.54) is 6.21 Å². The van der Waals surface area contributed by atoms with Gasteiger partial charge >= 0.3 is 0 Å². The predicted octanol–water partition coefficient (Wildman–Crippen LogP) is 4.20. The van der Waals surface area contributed by atoms with E-state index in [9.17, 15) is 0 Å². The van der Waals surface area contributed by atoms with Crippen molar-refractivity contribution < 1.29 is 5.21 Å². The Kier molecular flexibility index (Phi) is 9.20. The van der Waals surface area contributed by atoms with Gasteiger partial charge in [0.2, 0.25) is 0 Å². The molecule has 2 nitrogen and oxygen atoms in total. The summed E-state index contributed by atoms with van der Waals surface area (Å²) in [6.07, 6.45) is 14.1. The van der Waals surface area contributed by atoms with E-state index in [1.807, 2.05) is 38.2 Å². The highest BCUT2D eigenvalue weighted by atomic mass is 16.4. The van der Waals surface area contributed by atoms with Crippen LogP contribution in [0.5, 0.6) is 0 Å². The number of allylic oxidation sites excluding steroid dienone is 10. The maximum atomic E-state index is 8.30. The van der Waals surface area contributed by atoms with Gasteiger partial charge < -0.3 is 5.21 Å². The van der Waals surface area contributed by atoms with E-state index in [4.69, 9.17) is 5.21 Å². The van der Waals surface area contributed by atoms with Crippen LogP contribution in [0.3, 0.4) is 0 Å². The van der Waals surface area contributed by atoms with Crippen LogP contribution in [0.4, 0.5) is 0 Å². The second kappa shape index (κ2) is 10.6. The summed E-state index contributed by atoms with van der Waals surface area (Å²) < 4.78 is 0. The molecule has 2 heteroatoms. The normalized spacial score (nSPS) is 12.9. The number of nitrogens with zero attached hydrogens (tertiary/aromatic N) is 1. The topological polar surface area (TPSA) is 32.6 Å². The summed E-state index contributed by atoms with van der Waals surface area (Å²) in [5, 5.41) is 11.2. The zero-order valence-corrected chi connectivity index (χ0v) is 11.4. The molecule has 19 heavy (non-hydrogen) atoms. The number of hydrogen-bond donors (Lipinski definition) is 1. The van der Waals surface area contributed by atoms with Crippen molar-refractivity contribution in [3.05, 3.63) is 72.4 Å². The van der Waals surface area contributed by atoms with Crippen LogP contribution in [0.2, 0.25) is 0 Å². The molecule has 0 saturated carbocycles. The van der Waals surface area contributed by atoms with Gasteiger partial charge in [0.05, 0.1) is 6.21 Å². The van der Waals surface area contributed by atoms with Crippen molar-refractivity contribution in [3.63, 3.8) is 0 Å². The second-order valence-corrected chi connectivity index (χ2v) is 3.63. The zero-order chi connectivity index (χ0) is 14.5. The van der Waals surface area contributed by atoms with Gasteiger partial charge in [0.25, 0.3) is 0 Å². The molecule has 0 rings (SSSR count). The Labute approximate surface area is 115 Å². The van der Waals surface area contributed by atoms with Gasteiger partial charge in [0.1, 0.15) is 0 Å². The molecule has 98 valence electrons. The third-order valence-corrected chi connectivity index (χ3v) is 1.97. The molecule has 0 heterocycles. The van der Waals surface area contributed by atoms with Crippen LogP contribution in [0, 0.1) is 11.8 Å². The predicted molar refractivity (Wildman–Crippen MR) is 83.2 cm³/mol. The van der Waals surface area contributed by atoms with Crippen LogP contribution in [0.25, 0.3) is 0 Å². The molecule has 0 aromatic heterocycles. The molecule has 0 spiro atoms. The van der Waals surface area contributed by atoms with Crippen LogP contribution in [0.15, 0.2) is 77.6 Å². The Hall–Kier alpha value is -2.53. The minimum Gasteiger partial charge on any atom is -0.411 e. The molecular weight excluding hydrogens is 234 g/mol. The SMILES string of the molecule is C=C/C(C#C/C(C)=C/C=C\C(=C)/C=N/O)=C\C=C/C. The van der Waals surface area contributed by atoms with Crippen molar-refractivity contribution in [2.45, 2.75) is 13.8 Å². The lowest BCUT2D eigenvalue weighted by Crippen LogP contribution is -1.75. The van der Waals surface area contributed by atoms with Crippen molar-refractivity contribution in [2.24, 2.45) is 5.16 Å². The van der Waals surface area contributed by atoms with Crippen molar-refractivity contribution in [1.82, 2.24) is 0 Å². The smallest absolute Gasteiger partial charge is 0.0727 e. The lowest BCUT2D eigenvalue weighted by atomic mass is 10.2. The summed E-state index contributed by atoms with van der Waals surface area (Å²) >= 11 is 0. The van der Waals surface area contributed by atoms with E-state index in [-0.39, 0.29) is 0 Å². The monoisotopic (exact) mass is 253 g/mol. The molecule has 0 aliphatic rings. The maximum Gasteiger partial charge on any atom is 0.0727 e. The van der Waals surface area contributed by atoms with E-state index in [2.05, 4.69) is 30.2 Å². The van der Waals surface area contributed by atoms with Crippen LogP contribution in [0.1, 0.15) is 13.8 Å². The van der Waals surface area contributed by atoms with E-state index in [0.717, 1.165) is 11.1 Å². The number of hydrogen-bond acceptors (Lipinski definition) is 2. The average Bonchev–Trinajstić information content (AvgIpc) is 2.39. The third kappa shape index (κ3) is 9.20. The fourth-order valence-electron chi connectivity index (χ4n) is 1.01. The Bertz CT molecular complexity index is 517. The second-order valence-electron chi connectivity index (χ2n) is 3.63. The molecule has 0 amide bonds. The van der Waals surface area contributed by atoms with Gasteiger partial charge in [-0.05, 0) is 31.1 Å². The summed E-state index contributed by atoms with van der Waals surface area (Å²) in [6, 6.07) is 0. The lowest BCUT2D eigenvalue weighted by Gasteiger charge is -1.88. The largest absolute Gasteiger partial charge is 0.411 e. The summed E-state index contributed by atoms with van der Waals surface area (Å²) in [4.78, 5) is 0. The Morgan fingerprint density at radius 2 is 1.95 bits per heavy atom. The minimum absolute atomic E-state index is 0.610. The fraction of sp³-hybridized carbons (Fsp3) is 0.118. The molecule has 0 aliphatic carbocycles. The number of oxime groups is 1. The highest BCUT2D eigenvalue weighted by Crippen LogP contribution is 1.98. The van der Waals surface area contributed by atoms with Gasteiger partial charge in [-0.15, -0.1) is 0 Å². The first-order chi connectivity index (χ1) is 9.13. The van der Waals surface area contributed by atoms with Crippen molar-refractivity contribution in [3.8, 4) is 11.8 Å². The molecule has 0 aromatic rings. The van der Waals surface area contributed by atoms with Gasteiger partial charge in [-0.1, -0.05) is 66.6 Å². The Morgan fingerprint density at radius 1 is 1.21 bits per heavy atom. The van der Waals surface area contributed by atoms with Crippen molar-refractivity contribution in [2.75, 3.05) is 0 Å². The van der Waals surface area contributed by atoms with Crippen LogP contribution in [-0.2, 0) is 0 Å². The molecule has 0 radical (unpaired) electrons. The molecule has 0 saturated heterocycles. The molecule has 1 N–H and O–H groups in total. The maximum absolute atomic E-state index is 8.30. The van der Waals surface area contributed by atoms with Crippen LogP contribution < -0.4 is 0 Å². The minimum atomic E-state index is 0.610. The molecule has 0 aromatic carbocycles. The quantitative estimate of drug-likeness (QED) is 0.257. The van der Waals surface area contributed by atoms with Crippen LogP contribution >= 0.6 is 0 Å². The standard InChI is InChI=1S/C17H19NO/c1-5-7-11-17(6-2)13-12-15(3)9-8-10-16(4)14-18-19/h5-11,14,19H,2,4H2,1,3H3/b7-5-,10-8-,15-9+,17-11+,18-14+. The number of rotatable bonds is 5. The average molecular weight is 253 g/mol. The fourth-order valence-corrected chi connectivity index (χ4v) is 1.01. The Morgan fingerprint density at radius 3 is 2.53 bits per heavy atom. The molecule has 0 bridgehead atoms. The first-order valence-electron chi connectivity index (χ1n) is 5.82. The highest BCUT2D eigenvalue weighted by Gasteiger charge is 1.83. The molecule has 0 aliphatic heterocycles. The van der Waals surface area contributed by atoms with Gasteiger partial charge in [0.15, 0.2) is 0 Å². The van der Waals surface area contributed by atoms with E-state index < -0.39 is 0 Å². The van der Waals surface area contributed by atoms with Gasteiger partial charge in [-0.3, -0.25) is 0 Å². The first kappa shape index (κ1) is 16.5. The molecule has 0 unspecified atom stereocenters. The summed E-state index contributed by atoms with van der Waals surface area (Å²) in [5.74, 6) is 6.04. The first-order valence-corrected chi connectivity index (χ1v) is 5.82. The van der Waals surface area contributed by atoms with E-state index in [0.29, 0.717) is 5.57 Å². The lowest BCUT2D eigenvalue weighted by molar-refractivity contribution is 0.322.